The second kappa shape index (κ2) is 8.60. The Morgan fingerprint density at radius 3 is 2.82 bits per heavy atom. The molecule has 126 valence electrons. The molecule has 0 aromatic carbocycles. The minimum absolute atomic E-state index is 0. The van der Waals surface area contributed by atoms with Gasteiger partial charge in [-0.1, -0.05) is 0 Å². The summed E-state index contributed by atoms with van der Waals surface area (Å²) in [5.41, 5.74) is 0. The van der Waals surface area contributed by atoms with Crippen molar-refractivity contribution < 1.29 is 13.2 Å². The van der Waals surface area contributed by atoms with Crippen molar-refractivity contribution in [2.24, 2.45) is 0 Å². The van der Waals surface area contributed by atoms with Gasteiger partial charge in [-0.15, -0.1) is 23.7 Å². The van der Waals surface area contributed by atoms with Crippen molar-refractivity contribution in [2.75, 3.05) is 13.1 Å². The summed E-state index contributed by atoms with van der Waals surface area (Å²) >= 11 is 4.33. The second-order valence-corrected chi connectivity index (χ2v) is 9.48. The Kier molecular flexibility index (Phi) is 7.76. The van der Waals surface area contributed by atoms with Gasteiger partial charge in [0, 0.05) is 12.1 Å². The van der Waals surface area contributed by atoms with Crippen LogP contribution < -0.4 is 15.4 Å². The van der Waals surface area contributed by atoms with Gasteiger partial charge < -0.3 is 10.6 Å². The van der Waals surface area contributed by atoms with E-state index in [1.165, 1.54) is 6.07 Å². The van der Waals surface area contributed by atoms with E-state index in [0.29, 0.717) is 6.04 Å². The highest BCUT2D eigenvalue weighted by Crippen LogP contribution is 2.25. The van der Waals surface area contributed by atoms with Gasteiger partial charge in [0.15, 0.2) is 0 Å². The zero-order valence-electron chi connectivity index (χ0n) is 12.0. The van der Waals surface area contributed by atoms with E-state index in [1.54, 1.807) is 6.07 Å². The maximum atomic E-state index is 12.0. The topological polar surface area (TPSA) is 87.3 Å². The molecule has 0 bridgehead atoms. The fourth-order valence-electron chi connectivity index (χ4n) is 2.22. The highest BCUT2D eigenvalue weighted by molar-refractivity contribution is 9.11. The van der Waals surface area contributed by atoms with Crippen molar-refractivity contribution in [1.82, 2.24) is 15.4 Å². The van der Waals surface area contributed by atoms with Crippen LogP contribution >= 0.6 is 39.7 Å². The monoisotopic (exact) mass is 431 g/mol. The van der Waals surface area contributed by atoms with E-state index in [0.717, 1.165) is 34.5 Å². The first-order chi connectivity index (χ1) is 9.87. The molecule has 0 radical (unpaired) electrons. The van der Waals surface area contributed by atoms with Crippen LogP contribution in [0.2, 0.25) is 0 Å². The first-order valence-electron chi connectivity index (χ1n) is 6.64. The van der Waals surface area contributed by atoms with E-state index in [9.17, 15) is 13.2 Å². The van der Waals surface area contributed by atoms with E-state index < -0.39 is 10.0 Å². The lowest BCUT2D eigenvalue weighted by molar-refractivity contribution is -0.120. The third-order valence-corrected chi connectivity index (χ3v) is 6.74. The van der Waals surface area contributed by atoms with Gasteiger partial charge in [-0.25, -0.2) is 13.1 Å². The normalized spacial score (nSPS) is 21.9. The maximum absolute atomic E-state index is 12.0. The summed E-state index contributed by atoms with van der Waals surface area (Å²) < 4.78 is 27.2. The molecule has 0 spiro atoms. The number of rotatable bonds is 5. The smallest absolute Gasteiger partial charge is 0.250 e. The van der Waals surface area contributed by atoms with Crippen molar-refractivity contribution in [3.05, 3.63) is 15.9 Å². The minimum atomic E-state index is -3.62. The first-order valence-corrected chi connectivity index (χ1v) is 9.74. The quantitative estimate of drug-likeness (QED) is 0.657. The van der Waals surface area contributed by atoms with Gasteiger partial charge in [0.2, 0.25) is 5.91 Å². The van der Waals surface area contributed by atoms with Crippen LogP contribution in [0.1, 0.15) is 19.8 Å². The lowest BCUT2D eigenvalue weighted by Gasteiger charge is -2.28. The summed E-state index contributed by atoms with van der Waals surface area (Å²) in [6.45, 7) is 2.69. The summed E-state index contributed by atoms with van der Waals surface area (Å²) in [6.07, 6.45) is 1.72. The van der Waals surface area contributed by atoms with Crippen LogP contribution in [0.5, 0.6) is 0 Å². The fourth-order valence-corrected chi connectivity index (χ4v) is 5.25. The standard InChI is InChI=1S/C12H18BrN3O3S2.ClH/c1-8-6-9(4-5-14-8)16-11(17)7-15-21(18,19)12-3-2-10(13)20-12;/h2-3,8-9,14-15H,4-7H2,1H3,(H,16,17);1H. The molecule has 1 aromatic rings. The molecule has 1 aliphatic heterocycles. The third kappa shape index (κ3) is 5.78. The molecule has 0 aliphatic carbocycles. The number of hydrogen-bond acceptors (Lipinski definition) is 5. The van der Waals surface area contributed by atoms with Crippen LogP contribution in [-0.2, 0) is 14.8 Å². The van der Waals surface area contributed by atoms with Gasteiger partial charge in [-0.05, 0) is 54.4 Å². The fraction of sp³-hybridized carbons (Fsp3) is 0.583. The molecule has 2 unspecified atom stereocenters. The number of amides is 1. The third-order valence-electron chi connectivity index (χ3n) is 3.22. The molecule has 1 saturated heterocycles. The lowest BCUT2D eigenvalue weighted by Crippen LogP contribution is -2.48. The predicted octanol–water partition coefficient (Wildman–Crippen LogP) is 1.47. The molecular formula is C12H19BrClN3O3S2. The number of piperidine rings is 1. The van der Waals surface area contributed by atoms with Crippen LogP contribution in [0.25, 0.3) is 0 Å². The Morgan fingerprint density at radius 2 is 2.23 bits per heavy atom. The minimum Gasteiger partial charge on any atom is -0.352 e. The van der Waals surface area contributed by atoms with Crippen molar-refractivity contribution >= 4 is 55.6 Å². The molecule has 10 heteroatoms. The molecule has 3 N–H and O–H groups in total. The molecule has 0 saturated carbocycles. The predicted molar refractivity (Wildman–Crippen MR) is 93.1 cm³/mol. The Morgan fingerprint density at radius 1 is 1.50 bits per heavy atom. The molecule has 1 aromatic heterocycles. The van der Waals surface area contributed by atoms with Crippen molar-refractivity contribution in [3.63, 3.8) is 0 Å². The SMILES string of the molecule is CC1CC(NC(=O)CNS(=O)(=O)c2ccc(Br)s2)CCN1.Cl. The van der Waals surface area contributed by atoms with Gasteiger partial charge in [-0.3, -0.25) is 4.79 Å². The number of thiophene rings is 1. The Labute approximate surface area is 149 Å². The molecule has 2 atom stereocenters. The average Bonchev–Trinajstić information content (AvgIpc) is 2.84. The van der Waals surface area contributed by atoms with Crippen LogP contribution in [0.4, 0.5) is 0 Å². The highest BCUT2D eigenvalue weighted by Gasteiger charge is 2.21. The van der Waals surface area contributed by atoms with Crippen molar-refractivity contribution in [2.45, 2.75) is 36.1 Å². The number of carbonyl (C=O) groups is 1. The van der Waals surface area contributed by atoms with Gasteiger partial charge in [0.1, 0.15) is 4.21 Å². The lowest BCUT2D eigenvalue weighted by atomic mass is 10.0. The zero-order valence-corrected chi connectivity index (χ0v) is 16.0. The summed E-state index contributed by atoms with van der Waals surface area (Å²) in [5, 5.41) is 6.17. The molecule has 2 rings (SSSR count). The van der Waals surface area contributed by atoms with Gasteiger partial charge in [0.25, 0.3) is 10.0 Å². The average molecular weight is 433 g/mol. The highest BCUT2D eigenvalue weighted by atomic mass is 79.9. The summed E-state index contributed by atoms with van der Waals surface area (Å²) in [5.74, 6) is -0.298. The summed E-state index contributed by atoms with van der Waals surface area (Å²) in [6, 6.07) is 3.64. The molecular weight excluding hydrogens is 414 g/mol. The van der Waals surface area contributed by atoms with Gasteiger partial charge >= 0.3 is 0 Å². The van der Waals surface area contributed by atoms with Gasteiger partial charge in [0.05, 0.1) is 10.3 Å². The first kappa shape index (κ1) is 19.9. The van der Waals surface area contributed by atoms with Crippen molar-refractivity contribution in [3.8, 4) is 0 Å². The zero-order chi connectivity index (χ0) is 15.5. The number of sulfonamides is 1. The molecule has 22 heavy (non-hydrogen) atoms. The number of halogens is 2. The second-order valence-electron chi connectivity index (χ2n) is 5.03. The van der Waals surface area contributed by atoms with E-state index in [1.807, 2.05) is 0 Å². The molecule has 2 heterocycles. The Hall–Kier alpha value is -0.190. The molecule has 6 nitrogen and oxygen atoms in total. The summed E-state index contributed by atoms with van der Waals surface area (Å²) in [7, 11) is -3.62. The maximum Gasteiger partial charge on any atom is 0.250 e. The number of nitrogens with one attached hydrogen (secondary N) is 3. The van der Waals surface area contributed by atoms with Crippen LogP contribution in [0.3, 0.4) is 0 Å². The van der Waals surface area contributed by atoms with E-state index in [4.69, 9.17) is 0 Å². The Bertz CT molecular complexity index is 609. The van der Waals surface area contributed by atoms with E-state index >= 15 is 0 Å². The summed E-state index contributed by atoms with van der Waals surface area (Å²) in [4.78, 5) is 11.8. The van der Waals surface area contributed by atoms with E-state index in [2.05, 4.69) is 38.2 Å². The van der Waals surface area contributed by atoms with Crippen molar-refractivity contribution in [1.29, 1.82) is 0 Å². The van der Waals surface area contributed by atoms with Crippen LogP contribution in [0.15, 0.2) is 20.1 Å². The number of carbonyl (C=O) groups excluding carboxylic acids is 1. The van der Waals surface area contributed by atoms with Crippen LogP contribution in [-0.4, -0.2) is 39.5 Å². The Balaban J connectivity index is 0.00000242. The largest absolute Gasteiger partial charge is 0.352 e. The molecule has 1 fully saturated rings. The molecule has 1 amide bonds. The van der Waals surface area contributed by atoms with Gasteiger partial charge in [-0.2, -0.15) is 0 Å². The van der Waals surface area contributed by atoms with E-state index in [-0.39, 0.29) is 35.1 Å². The van der Waals surface area contributed by atoms with Crippen LogP contribution in [0, 0.1) is 0 Å². The molecule has 1 aliphatic rings. The number of hydrogen-bond donors (Lipinski definition) is 3.